The van der Waals surface area contributed by atoms with Crippen LogP contribution in [0.15, 0.2) is 84.9 Å². The molecule has 2 amide bonds. The fourth-order valence-corrected chi connectivity index (χ4v) is 7.78. The minimum atomic E-state index is -1.16. The number of nitrogens with zero attached hydrogens (tertiary/aromatic N) is 1. The summed E-state index contributed by atoms with van der Waals surface area (Å²) in [6.45, 7) is 12.4. The van der Waals surface area contributed by atoms with Gasteiger partial charge in [0.1, 0.15) is 0 Å². The average Bonchev–Trinajstić information content (AvgIpc) is 3.33. The highest BCUT2D eigenvalue weighted by atomic mass is 16.2. The second-order valence-electron chi connectivity index (χ2n) is 13.7. The summed E-state index contributed by atoms with van der Waals surface area (Å²) in [4.78, 5) is 45.6. The molecule has 2 fully saturated rings. The van der Waals surface area contributed by atoms with E-state index in [1.165, 1.54) is 0 Å². The number of rotatable bonds is 7. The first kappa shape index (κ1) is 28.0. The molecule has 5 rings (SSSR count). The van der Waals surface area contributed by atoms with Crippen molar-refractivity contribution in [3.05, 3.63) is 107 Å². The van der Waals surface area contributed by atoms with E-state index >= 15 is 0 Å². The van der Waals surface area contributed by atoms with E-state index in [2.05, 4.69) is 20.8 Å². The lowest BCUT2D eigenvalue weighted by Crippen LogP contribution is -2.53. The smallest absolute Gasteiger partial charge is 0.237 e. The van der Waals surface area contributed by atoms with Crippen molar-refractivity contribution in [1.82, 2.24) is 4.90 Å². The number of imide groups is 1. The Kier molecular flexibility index (Phi) is 7.10. The van der Waals surface area contributed by atoms with Gasteiger partial charge < -0.3 is 0 Å². The largest absolute Gasteiger partial charge is 0.294 e. The van der Waals surface area contributed by atoms with Crippen LogP contribution < -0.4 is 0 Å². The van der Waals surface area contributed by atoms with E-state index < -0.39 is 22.8 Å². The number of fused-ring (bicyclic) bond motifs is 1. The molecule has 1 saturated carbocycles. The molecule has 3 aromatic carbocycles. The molecule has 2 aliphatic rings. The summed E-state index contributed by atoms with van der Waals surface area (Å²) in [6, 6.07) is 27.5. The van der Waals surface area contributed by atoms with Crippen molar-refractivity contribution in [2.75, 3.05) is 0 Å². The molecule has 0 radical (unpaired) electrons. The Labute approximate surface area is 238 Å². The van der Waals surface area contributed by atoms with E-state index in [-0.39, 0.29) is 28.9 Å². The number of likely N-dealkylation sites (tertiary alicyclic amines) is 1. The molecule has 0 unspecified atom stereocenters. The number of ketones is 1. The second kappa shape index (κ2) is 10.1. The fraction of sp³-hybridized carbons (Fsp3) is 0.417. The molecule has 4 atom stereocenters. The van der Waals surface area contributed by atoms with Crippen molar-refractivity contribution >= 4 is 17.6 Å². The molecule has 0 N–H and O–H groups in total. The molecular weight excluding hydrogens is 494 g/mol. The van der Waals surface area contributed by atoms with Crippen molar-refractivity contribution in [2.45, 2.75) is 72.3 Å². The third-order valence-corrected chi connectivity index (χ3v) is 8.94. The number of carbonyl (C=O) groups is 3. The van der Waals surface area contributed by atoms with Gasteiger partial charge in [0.2, 0.25) is 11.8 Å². The lowest BCUT2D eigenvalue weighted by atomic mass is 9.65. The standard InChI is InChI=1S/C36H41NO3/c1-24-17-19-27(20-18-24)31(38)30-28(26-15-11-8-12-16-26)21-29-32(39)37(35(5,6)23-34(2,3)4)33(40)36(29,30)22-25-13-9-7-10-14-25/h7-20,28-30H,21-23H2,1-6H3/t28-,29-,30+,36+/m1/s1. The number of Topliss-reactive ketones (excluding diaryl/α,β-unsaturated/α-hetero) is 1. The van der Waals surface area contributed by atoms with Crippen LogP contribution in [0.1, 0.15) is 80.4 Å². The quantitative estimate of drug-likeness (QED) is 0.234. The summed E-state index contributed by atoms with van der Waals surface area (Å²) < 4.78 is 0. The van der Waals surface area contributed by atoms with Crippen molar-refractivity contribution in [3.8, 4) is 0 Å². The Morgan fingerprint density at radius 2 is 1.43 bits per heavy atom. The van der Waals surface area contributed by atoms with Crippen molar-refractivity contribution in [3.63, 3.8) is 0 Å². The van der Waals surface area contributed by atoms with Crippen LogP contribution in [0.2, 0.25) is 0 Å². The van der Waals surface area contributed by atoms with Crippen LogP contribution in [0.5, 0.6) is 0 Å². The Balaban J connectivity index is 1.71. The Morgan fingerprint density at radius 1 is 0.850 bits per heavy atom. The Morgan fingerprint density at radius 3 is 2.00 bits per heavy atom. The first-order valence-corrected chi connectivity index (χ1v) is 14.4. The molecule has 40 heavy (non-hydrogen) atoms. The van der Waals surface area contributed by atoms with Crippen LogP contribution in [0.3, 0.4) is 0 Å². The summed E-state index contributed by atoms with van der Waals surface area (Å²) >= 11 is 0. The highest BCUT2D eigenvalue weighted by molar-refractivity contribution is 6.13. The number of benzene rings is 3. The van der Waals surface area contributed by atoms with Gasteiger partial charge in [0.05, 0.1) is 11.3 Å². The van der Waals surface area contributed by atoms with Crippen LogP contribution in [-0.2, 0) is 16.0 Å². The fourth-order valence-electron chi connectivity index (χ4n) is 7.78. The van der Waals surface area contributed by atoms with Crippen LogP contribution in [0, 0.1) is 29.6 Å². The maximum Gasteiger partial charge on any atom is 0.237 e. The zero-order valence-electron chi connectivity index (χ0n) is 24.6. The van der Waals surface area contributed by atoms with Gasteiger partial charge in [-0.25, -0.2) is 0 Å². The molecule has 208 valence electrons. The monoisotopic (exact) mass is 535 g/mol. The van der Waals surface area contributed by atoms with Gasteiger partial charge in [-0.3, -0.25) is 19.3 Å². The van der Waals surface area contributed by atoms with Crippen LogP contribution in [0.4, 0.5) is 0 Å². The minimum absolute atomic E-state index is 0.0519. The molecule has 4 nitrogen and oxygen atoms in total. The maximum absolute atomic E-state index is 15.0. The summed E-state index contributed by atoms with van der Waals surface area (Å²) in [6.07, 6.45) is 1.51. The summed E-state index contributed by atoms with van der Waals surface area (Å²) in [5.41, 5.74) is 1.73. The lowest BCUT2D eigenvalue weighted by Gasteiger charge is -2.41. The third kappa shape index (κ3) is 4.82. The first-order valence-electron chi connectivity index (χ1n) is 14.4. The summed E-state index contributed by atoms with van der Waals surface area (Å²) in [7, 11) is 0. The van der Waals surface area contributed by atoms with E-state index in [9.17, 15) is 14.4 Å². The van der Waals surface area contributed by atoms with E-state index in [0.717, 1.165) is 16.7 Å². The van der Waals surface area contributed by atoms with Crippen LogP contribution >= 0.6 is 0 Å². The van der Waals surface area contributed by atoms with Gasteiger partial charge in [-0.05, 0) is 62.5 Å². The van der Waals surface area contributed by atoms with Gasteiger partial charge >= 0.3 is 0 Å². The van der Waals surface area contributed by atoms with Crippen molar-refractivity contribution < 1.29 is 14.4 Å². The minimum Gasteiger partial charge on any atom is -0.294 e. The normalized spacial score (nSPS) is 24.9. The van der Waals surface area contributed by atoms with E-state index in [1.54, 1.807) is 4.90 Å². The zero-order chi connectivity index (χ0) is 28.9. The highest BCUT2D eigenvalue weighted by Crippen LogP contribution is 2.63. The van der Waals surface area contributed by atoms with E-state index in [1.807, 2.05) is 106 Å². The topological polar surface area (TPSA) is 54.5 Å². The average molecular weight is 536 g/mol. The molecule has 0 bridgehead atoms. The van der Waals surface area contributed by atoms with Gasteiger partial charge in [-0.1, -0.05) is 111 Å². The van der Waals surface area contributed by atoms with Crippen molar-refractivity contribution in [2.24, 2.45) is 22.7 Å². The molecule has 4 heteroatoms. The van der Waals surface area contributed by atoms with Gasteiger partial charge in [0.15, 0.2) is 5.78 Å². The maximum atomic E-state index is 15.0. The first-order chi connectivity index (χ1) is 18.8. The van der Waals surface area contributed by atoms with Crippen molar-refractivity contribution in [1.29, 1.82) is 0 Å². The predicted octanol–water partition coefficient (Wildman–Crippen LogP) is 7.41. The van der Waals surface area contributed by atoms with Gasteiger partial charge in [0.25, 0.3) is 0 Å². The zero-order valence-corrected chi connectivity index (χ0v) is 24.6. The summed E-state index contributed by atoms with van der Waals surface area (Å²) in [5.74, 6) is -1.83. The Hall–Kier alpha value is -3.53. The molecule has 1 aliphatic carbocycles. The van der Waals surface area contributed by atoms with Gasteiger partial charge in [-0.2, -0.15) is 0 Å². The lowest BCUT2D eigenvalue weighted by molar-refractivity contribution is -0.150. The van der Waals surface area contributed by atoms with E-state index in [0.29, 0.717) is 24.8 Å². The Bertz CT molecular complexity index is 1400. The number of amides is 2. The molecule has 0 aromatic heterocycles. The van der Waals surface area contributed by atoms with E-state index in [4.69, 9.17) is 0 Å². The van der Waals surface area contributed by atoms with Crippen LogP contribution in [0.25, 0.3) is 0 Å². The molecule has 1 saturated heterocycles. The highest BCUT2D eigenvalue weighted by Gasteiger charge is 2.71. The molecule has 0 spiro atoms. The summed E-state index contributed by atoms with van der Waals surface area (Å²) in [5, 5.41) is 0. The molecule has 1 heterocycles. The number of aryl methyl sites for hydroxylation is 1. The van der Waals surface area contributed by atoms with Gasteiger partial charge in [-0.15, -0.1) is 0 Å². The SMILES string of the molecule is Cc1ccc(C(=O)[C@@H]2[C@@H](c3ccccc3)C[C@@H]3C(=O)N(C(C)(C)CC(C)(C)C)C(=O)[C@@]32Cc2ccccc2)cc1. The molecule has 1 aliphatic heterocycles. The van der Waals surface area contributed by atoms with Gasteiger partial charge in [0, 0.05) is 17.0 Å². The third-order valence-electron chi connectivity index (χ3n) is 8.94. The number of carbonyl (C=O) groups excluding carboxylic acids is 3. The molecular formula is C36H41NO3. The van der Waals surface area contributed by atoms with Crippen LogP contribution in [-0.4, -0.2) is 28.0 Å². The predicted molar refractivity (Wildman–Crippen MR) is 159 cm³/mol. The number of hydrogen-bond donors (Lipinski definition) is 0. The second-order valence-corrected chi connectivity index (χ2v) is 13.7. The molecule has 3 aromatic rings. The number of hydrogen-bond acceptors (Lipinski definition) is 3.